The molecule has 1 N–H and O–H groups in total. The van der Waals surface area contributed by atoms with Crippen LogP contribution >= 0.6 is 67.8 Å². The lowest BCUT2D eigenvalue weighted by atomic mass is 9.54. The molecule has 0 saturated heterocycles. The second kappa shape index (κ2) is 12.8. The van der Waals surface area contributed by atoms with Crippen molar-refractivity contribution < 1.29 is 40.4 Å². The van der Waals surface area contributed by atoms with E-state index in [2.05, 4.69) is 73.8 Å². The number of benzene rings is 3. The van der Waals surface area contributed by atoms with Crippen LogP contribution in [0.3, 0.4) is 0 Å². The van der Waals surface area contributed by atoms with Gasteiger partial charge in [0.15, 0.2) is 6.17 Å². The first-order valence-electron chi connectivity index (χ1n) is 12.9. The van der Waals surface area contributed by atoms with Crippen molar-refractivity contribution in [2.75, 3.05) is 13.2 Å². The highest BCUT2D eigenvalue weighted by molar-refractivity contribution is 14.1. The molecule has 0 amide bonds. The molecule has 6 rings (SSSR count). The normalized spacial score (nSPS) is 21.9. The Morgan fingerprint density at radius 2 is 1.50 bits per heavy atom. The van der Waals surface area contributed by atoms with Crippen LogP contribution in [0.25, 0.3) is 0 Å². The first-order chi connectivity index (χ1) is 19.8. The third-order valence-electron chi connectivity index (χ3n) is 7.81. The van der Waals surface area contributed by atoms with Gasteiger partial charge in [0, 0.05) is 34.9 Å². The van der Waals surface area contributed by atoms with Crippen molar-refractivity contribution in [1.82, 2.24) is 0 Å². The molecule has 0 heterocycles. The summed E-state index contributed by atoms with van der Waals surface area (Å²) in [6, 6.07) is 19.8. The van der Waals surface area contributed by atoms with Gasteiger partial charge in [-0.25, -0.2) is 4.39 Å². The van der Waals surface area contributed by atoms with Gasteiger partial charge in [-0.15, -0.1) is 0 Å². The van der Waals surface area contributed by atoms with E-state index in [0.717, 1.165) is 38.5 Å². The summed E-state index contributed by atoms with van der Waals surface area (Å²) in [6.45, 7) is -0.262. The standard InChI is InChI=1S/C29H24F3I3O6S/c30-23(29(31,32)42(37,38)39)9-10-41-28(36)26-21(14-40-13-15-11-16(33)12-22(34)27(15)35)24-17-5-1-3-7-19(17)25(26)20-8-4-2-6-18(20)24/h1-8,11-12,21,23-26H,9-10,13-14H2,(H,37,38,39). The van der Waals surface area contributed by atoms with Crippen LogP contribution in [0.1, 0.15) is 46.1 Å². The van der Waals surface area contributed by atoms with Crippen molar-refractivity contribution in [3.05, 3.63) is 99.2 Å². The van der Waals surface area contributed by atoms with Crippen LogP contribution in [0.4, 0.5) is 13.2 Å². The van der Waals surface area contributed by atoms with Crippen LogP contribution in [0.15, 0.2) is 60.7 Å². The van der Waals surface area contributed by atoms with E-state index >= 15 is 0 Å². The minimum absolute atomic E-state index is 0.201. The average Bonchev–Trinajstić information content (AvgIpc) is 2.94. The molecule has 6 nitrogen and oxygen atoms in total. The predicted molar refractivity (Wildman–Crippen MR) is 175 cm³/mol. The summed E-state index contributed by atoms with van der Waals surface area (Å²) in [5, 5.41) is -5.01. The number of ether oxygens (including phenoxy) is 2. The second-order valence-electron chi connectivity index (χ2n) is 10.2. The molecule has 3 aliphatic rings. The van der Waals surface area contributed by atoms with Gasteiger partial charge in [0.05, 0.1) is 25.7 Å². The molecule has 0 spiro atoms. The number of carbonyl (C=O) groups is 1. The highest BCUT2D eigenvalue weighted by Gasteiger charge is 2.54. The minimum atomic E-state index is -5.96. The monoisotopic (exact) mass is 938 g/mol. The van der Waals surface area contributed by atoms with Gasteiger partial charge in [0.1, 0.15) is 0 Å². The van der Waals surface area contributed by atoms with Gasteiger partial charge in [-0.2, -0.15) is 17.2 Å². The van der Waals surface area contributed by atoms with Crippen molar-refractivity contribution in [2.45, 2.75) is 36.3 Å². The quantitative estimate of drug-likeness (QED) is 0.0996. The van der Waals surface area contributed by atoms with E-state index < -0.39 is 52.4 Å². The summed E-state index contributed by atoms with van der Waals surface area (Å²) in [5.74, 6) is -2.43. The number of alkyl halides is 3. The van der Waals surface area contributed by atoms with Gasteiger partial charge in [0.25, 0.3) is 0 Å². The van der Waals surface area contributed by atoms with Crippen LogP contribution in [0, 0.1) is 22.5 Å². The van der Waals surface area contributed by atoms with E-state index in [0.29, 0.717) is 6.61 Å². The van der Waals surface area contributed by atoms with Gasteiger partial charge >= 0.3 is 21.3 Å². The van der Waals surface area contributed by atoms with E-state index in [1.165, 1.54) is 0 Å². The second-order valence-corrected chi connectivity index (χ2v) is 15.2. The van der Waals surface area contributed by atoms with E-state index in [4.69, 9.17) is 14.0 Å². The van der Waals surface area contributed by atoms with Gasteiger partial charge in [-0.3, -0.25) is 9.35 Å². The number of fused-ring (bicyclic) bond motifs is 1. The van der Waals surface area contributed by atoms with E-state index in [1.54, 1.807) is 0 Å². The van der Waals surface area contributed by atoms with E-state index in [-0.39, 0.29) is 18.4 Å². The Morgan fingerprint density at radius 1 is 0.952 bits per heavy atom. The molecule has 0 aromatic heterocycles. The van der Waals surface area contributed by atoms with Gasteiger partial charge in [-0.1, -0.05) is 48.5 Å². The Bertz CT molecular complexity index is 1570. The first kappa shape index (κ1) is 32.4. The molecular weight excluding hydrogens is 914 g/mol. The fraction of sp³-hybridized carbons (Fsp3) is 0.345. The van der Waals surface area contributed by atoms with Gasteiger partial charge in [-0.05, 0) is 108 Å². The lowest BCUT2D eigenvalue weighted by Crippen LogP contribution is -2.46. The fourth-order valence-electron chi connectivity index (χ4n) is 6.01. The molecule has 3 aromatic carbocycles. The molecule has 3 unspecified atom stereocenters. The average molecular weight is 938 g/mol. The maximum absolute atomic E-state index is 14.1. The zero-order chi connectivity index (χ0) is 30.4. The molecule has 2 bridgehead atoms. The number of carbonyl (C=O) groups excluding carboxylic acids is 1. The van der Waals surface area contributed by atoms with Crippen molar-refractivity contribution >= 4 is 83.9 Å². The fourth-order valence-corrected chi connectivity index (χ4v) is 8.88. The largest absolute Gasteiger partial charge is 0.465 e. The third kappa shape index (κ3) is 6.10. The highest BCUT2D eigenvalue weighted by Crippen LogP contribution is 2.58. The third-order valence-corrected chi connectivity index (χ3v) is 12.5. The number of hydrogen-bond acceptors (Lipinski definition) is 5. The van der Waals surface area contributed by atoms with Crippen LogP contribution in [0.2, 0.25) is 0 Å². The maximum Gasteiger partial charge on any atom is 0.400 e. The molecule has 224 valence electrons. The number of esters is 1. The lowest BCUT2D eigenvalue weighted by molar-refractivity contribution is -0.154. The van der Waals surface area contributed by atoms with E-state index in [1.807, 2.05) is 54.6 Å². The zero-order valence-corrected chi connectivity index (χ0v) is 28.9. The maximum atomic E-state index is 14.1. The summed E-state index contributed by atoms with van der Waals surface area (Å²) in [4.78, 5) is 13.7. The summed E-state index contributed by atoms with van der Waals surface area (Å²) < 4.78 is 86.9. The highest BCUT2D eigenvalue weighted by atomic mass is 127. The van der Waals surface area contributed by atoms with Crippen LogP contribution < -0.4 is 0 Å². The molecule has 3 aliphatic carbocycles. The van der Waals surface area contributed by atoms with Crippen molar-refractivity contribution in [1.29, 1.82) is 0 Å². The van der Waals surface area contributed by atoms with Gasteiger partial charge < -0.3 is 9.47 Å². The van der Waals surface area contributed by atoms with E-state index in [9.17, 15) is 26.4 Å². The lowest BCUT2D eigenvalue weighted by Gasteiger charge is -2.49. The molecule has 42 heavy (non-hydrogen) atoms. The molecule has 0 saturated carbocycles. The first-order valence-corrected chi connectivity index (χ1v) is 17.5. The Labute approximate surface area is 282 Å². The molecule has 13 heteroatoms. The van der Waals surface area contributed by atoms with Crippen molar-refractivity contribution in [3.8, 4) is 0 Å². The Balaban J connectivity index is 1.42. The Kier molecular flexibility index (Phi) is 9.84. The summed E-state index contributed by atoms with van der Waals surface area (Å²) in [6.07, 6.45) is -4.35. The van der Waals surface area contributed by atoms with Gasteiger partial charge in [0.2, 0.25) is 0 Å². The molecule has 3 aromatic rings. The SMILES string of the molecule is O=C(OCCC(F)C(F)(F)S(=O)(=O)O)C1C2c3ccccc3C(c3ccccc32)C1COCc1cc(I)cc(I)c1I. The summed E-state index contributed by atoms with van der Waals surface area (Å²) >= 11 is 6.80. The molecule has 0 aliphatic heterocycles. The molecule has 0 radical (unpaired) electrons. The molecule has 0 fully saturated rings. The zero-order valence-electron chi connectivity index (χ0n) is 21.7. The van der Waals surface area contributed by atoms with Crippen LogP contribution in [-0.2, 0) is 31.0 Å². The van der Waals surface area contributed by atoms with Crippen LogP contribution in [0.5, 0.6) is 0 Å². The van der Waals surface area contributed by atoms with Crippen LogP contribution in [-0.4, -0.2) is 43.6 Å². The predicted octanol–water partition coefficient (Wildman–Crippen LogP) is 7.29. The molecule has 3 atom stereocenters. The summed E-state index contributed by atoms with van der Waals surface area (Å²) in [7, 11) is -5.96. The topological polar surface area (TPSA) is 89.9 Å². The number of halogens is 6. The summed E-state index contributed by atoms with van der Waals surface area (Å²) in [5.41, 5.74) is 5.09. The smallest absolute Gasteiger partial charge is 0.400 e. The number of hydrogen-bond donors (Lipinski definition) is 1. The Morgan fingerprint density at radius 3 is 2.05 bits per heavy atom. The number of rotatable bonds is 10. The van der Waals surface area contributed by atoms with Crippen molar-refractivity contribution in [2.24, 2.45) is 11.8 Å². The minimum Gasteiger partial charge on any atom is -0.465 e. The van der Waals surface area contributed by atoms with Crippen molar-refractivity contribution in [3.63, 3.8) is 0 Å². The molecular formula is C29H24F3I3O6S. The Hall–Kier alpha value is -1.02.